The highest BCUT2D eigenvalue weighted by molar-refractivity contribution is 7.97. The van der Waals surface area contributed by atoms with Crippen LogP contribution in [-0.4, -0.2) is 16.8 Å². The number of benzene rings is 2. The quantitative estimate of drug-likeness (QED) is 0.628. The van der Waals surface area contributed by atoms with E-state index in [2.05, 4.69) is 0 Å². The Morgan fingerprint density at radius 1 is 0.913 bits per heavy atom. The van der Waals surface area contributed by atoms with Gasteiger partial charge in [-0.2, -0.15) is 5.26 Å². The van der Waals surface area contributed by atoms with Crippen molar-refractivity contribution >= 4 is 19.7 Å². The zero-order valence-electron chi connectivity index (χ0n) is 11.8. The lowest BCUT2D eigenvalue weighted by molar-refractivity contribution is 0.564. The predicted molar refractivity (Wildman–Crippen MR) is 77.8 cm³/mol. The van der Waals surface area contributed by atoms with Crippen molar-refractivity contribution < 1.29 is 21.2 Å². The van der Waals surface area contributed by atoms with Gasteiger partial charge in [0.1, 0.15) is 5.82 Å². The molecule has 1 heterocycles. The smallest absolute Gasteiger partial charge is 0.209 e. The second-order valence-electron chi connectivity index (χ2n) is 5.15. The maximum absolute atomic E-state index is 13.4. The fourth-order valence-electron chi connectivity index (χ4n) is 2.45. The van der Waals surface area contributed by atoms with Gasteiger partial charge >= 0.3 is 0 Å². The van der Waals surface area contributed by atoms with Gasteiger partial charge in [-0.05, 0) is 42.8 Å². The van der Waals surface area contributed by atoms with E-state index in [1.165, 1.54) is 12.1 Å². The van der Waals surface area contributed by atoms with E-state index in [1.54, 1.807) is 6.92 Å². The van der Waals surface area contributed by atoms with Crippen LogP contribution in [-0.2, 0) is 19.7 Å². The Labute approximate surface area is 132 Å². The number of halogens is 1. The molecule has 3 rings (SSSR count). The predicted octanol–water partition coefficient (Wildman–Crippen LogP) is 2.43. The van der Waals surface area contributed by atoms with Crippen molar-refractivity contribution in [2.75, 3.05) is 0 Å². The SMILES string of the molecule is CC(C#N)c1ccc2c(c1)S(=O)(=O)c1ccc(F)cc1S2(=O)=O. The summed E-state index contributed by atoms with van der Waals surface area (Å²) in [6.07, 6.45) is 0. The second kappa shape index (κ2) is 4.88. The molecule has 2 aromatic rings. The highest BCUT2D eigenvalue weighted by Gasteiger charge is 2.39. The first kappa shape index (κ1) is 15.6. The Bertz CT molecular complexity index is 1080. The minimum absolute atomic E-state index is 0.379. The van der Waals surface area contributed by atoms with E-state index in [4.69, 9.17) is 5.26 Å². The maximum atomic E-state index is 13.4. The molecule has 0 radical (unpaired) electrons. The van der Waals surface area contributed by atoms with Crippen LogP contribution < -0.4 is 0 Å². The lowest BCUT2D eigenvalue weighted by atomic mass is 10.0. The molecule has 23 heavy (non-hydrogen) atoms. The zero-order chi connectivity index (χ0) is 17.0. The molecular weight excluding hydrogens is 341 g/mol. The third-order valence-electron chi connectivity index (χ3n) is 3.73. The fraction of sp³-hybridized carbons (Fsp3) is 0.133. The molecule has 0 saturated heterocycles. The fourth-order valence-corrected chi connectivity index (χ4v) is 6.61. The minimum Gasteiger partial charge on any atom is -0.218 e. The molecular formula is C15H10FNO4S2. The lowest BCUT2D eigenvalue weighted by Gasteiger charge is -2.21. The van der Waals surface area contributed by atoms with Gasteiger partial charge in [-0.15, -0.1) is 0 Å². The van der Waals surface area contributed by atoms with Crippen LogP contribution in [0, 0.1) is 17.1 Å². The monoisotopic (exact) mass is 351 g/mol. The van der Waals surface area contributed by atoms with Crippen LogP contribution in [0.3, 0.4) is 0 Å². The molecule has 0 saturated carbocycles. The number of rotatable bonds is 1. The van der Waals surface area contributed by atoms with Crippen molar-refractivity contribution in [1.29, 1.82) is 5.26 Å². The molecule has 8 heteroatoms. The van der Waals surface area contributed by atoms with Crippen LogP contribution >= 0.6 is 0 Å². The largest absolute Gasteiger partial charge is 0.218 e. The van der Waals surface area contributed by atoms with Gasteiger partial charge in [-0.25, -0.2) is 21.2 Å². The van der Waals surface area contributed by atoms with Crippen molar-refractivity contribution in [3.63, 3.8) is 0 Å². The van der Waals surface area contributed by atoms with E-state index in [-0.39, 0.29) is 4.90 Å². The first-order chi connectivity index (χ1) is 10.7. The summed E-state index contributed by atoms with van der Waals surface area (Å²) in [5, 5.41) is 8.95. The molecule has 0 aliphatic carbocycles. The van der Waals surface area contributed by atoms with E-state index in [9.17, 15) is 21.2 Å². The molecule has 0 bridgehead atoms. The van der Waals surface area contributed by atoms with E-state index in [1.807, 2.05) is 6.07 Å². The molecule has 1 aliphatic heterocycles. The standard InChI is InChI=1S/C15H10FNO4S2/c1-9(8-17)10-2-4-12-14(6-10)22(18,19)13-5-3-11(16)7-15(13)23(12,20)21/h2-7,9H,1H3. The summed E-state index contributed by atoms with van der Waals surface area (Å²) in [7, 11) is -8.25. The van der Waals surface area contributed by atoms with Crippen LogP contribution in [0.15, 0.2) is 56.0 Å². The van der Waals surface area contributed by atoms with Crippen molar-refractivity contribution in [1.82, 2.24) is 0 Å². The average molecular weight is 351 g/mol. The summed E-state index contributed by atoms with van der Waals surface area (Å²) in [5.74, 6) is -1.42. The first-order valence-electron chi connectivity index (χ1n) is 6.53. The molecule has 1 atom stereocenters. The Morgan fingerprint density at radius 3 is 2.00 bits per heavy atom. The number of sulfone groups is 2. The normalized spacial score (nSPS) is 18.3. The van der Waals surface area contributed by atoms with Gasteiger partial charge in [-0.1, -0.05) is 6.07 Å². The summed E-state index contributed by atoms with van der Waals surface area (Å²) in [6.45, 7) is 1.58. The third-order valence-corrected chi connectivity index (χ3v) is 7.69. The van der Waals surface area contributed by atoms with Gasteiger partial charge in [0, 0.05) is 0 Å². The van der Waals surface area contributed by atoms with Gasteiger partial charge in [0.2, 0.25) is 19.7 Å². The van der Waals surface area contributed by atoms with Gasteiger partial charge in [0.05, 0.1) is 31.6 Å². The van der Waals surface area contributed by atoms with E-state index >= 15 is 0 Å². The Hall–Kier alpha value is -2.24. The second-order valence-corrected chi connectivity index (χ2v) is 8.93. The third kappa shape index (κ3) is 2.16. The van der Waals surface area contributed by atoms with Gasteiger partial charge in [0.15, 0.2) is 0 Å². The van der Waals surface area contributed by atoms with Crippen LogP contribution in [0.1, 0.15) is 18.4 Å². The number of fused-ring (bicyclic) bond motifs is 2. The number of hydrogen-bond donors (Lipinski definition) is 0. The molecule has 1 aliphatic rings. The van der Waals surface area contributed by atoms with Crippen LogP contribution in [0.5, 0.6) is 0 Å². The van der Waals surface area contributed by atoms with Crippen molar-refractivity contribution in [3.8, 4) is 6.07 Å². The molecule has 1 unspecified atom stereocenters. The lowest BCUT2D eigenvalue weighted by Crippen LogP contribution is -2.20. The molecule has 0 fully saturated rings. The molecule has 0 N–H and O–H groups in total. The van der Waals surface area contributed by atoms with E-state index in [0.29, 0.717) is 11.6 Å². The summed E-state index contributed by atoms with van der Waals surface area (Å²) in [5.41, 5.74) is 0.399. The number of hydrogen-bond acceptors (Lipinski definition) is 5. The number of nitriles is 1. The molecule has 2 aromatic carbocycles. The summed E-state index contributed by atoms with van der Waals surface area (Å²) in [6, 6.07) is 8.26. The number of nitrogens with zero attached hydrogens (tertiary/aromatic N) is 1. The Kier molecular flexibility index (Phi) is 3.32. The summed E-state index contributed by atoms with van der Waals surface area (Å²) >= 11 is 0. The molecule has 5 nitrogen and oxygen atoms in total. The zero-order valence-corrected chi connectivity index (χ0v) is 13.4. The summed E-state index contributed by atoms with van der Waals surface area (Å²) < 4.78 is 63.9. The minimum atomic E-state index is -4.15. The molecule has 0 amide bonds. The molecule has 0 spiro atoms. The van der Waals surface area contributed by atoms with Gasteiger partial charge in [-0.3, -0.25) is 0 Å². The Balaban J connectivity index is 2.42. The summed E-state index contributed by atoms with van der Waals surface area (Å²) in [4.78, 5) is -1.79. The average Bonchev–Trinajstić information content (AvgIpc) is 2.52. The van der Waals surface area contributed by atoms with Crippen molar-refractivity contribution in [2.45, 2.75) is 32.4 Å². The van der Waals surface area contributed by atoms with Gasteiger partial charge in [0.25, 0.3) is 0 Å². The van der Waals surface area contributed by atoms with Crippen LogP contribution in [0.2, 0.25) is 0 Å². The molecule has 0 aromatic heterocycles. The Morgan fingerprint density at radius 2 is 1.43 bits per heavy atom. The molecule has 118 valence electrons. The maximum Gasteiger partial charge on any atom is 0.209 e. The highest BCUT2D eigenvalue weighted by atomic mass is 32.2. The van der Waals surface area contributed by atoms with Crippen LogP contribution in [0.25, 0.3) is 0 Å². The first-order valence-corrected chi connectivity index (χ1v) is 9.49. The van der Waals surface area contributed by atoms with Crippen molar-refractivity contribution in [2.24, 2.45) is 0 Å². The van der Waals surface area contributed by atoms with Crippen LogP contribution in [0.4, 0.5) is 4.39 Å². The van der Waals surface area contributed by atoms with Gasteiger partial charge < -0.3 is 0 Å². The van der Waals surface area contributed by atoms with E-state index in [0.717, 1.165) is 18.2 Å². The highest BCUT2D eigenvalue weighted by Crippen LogP contribution is 2.41. The van der Waals surface area contributed by atoms with Crippen molar-refractivity contribution in [3.05, 3.63) is 47.8 Å². The van der Waals surface area contributed by atoms with E-state index < -0.39 is 46.1 Å². The topological polar surface area (TPSA) is 92.1 Å².